The van der Waals surface area contributed by atoms with Crippen LogP contribution in [0.4, 0.5) is 8.78 Å². The number of carbonyl (C=O) groups is 1. The zero-order valence-electron chi connectivity index (χ0n) is 10.3. The lowest BCUT2D eigenvalue weighted by Crippen LogP contribution is -2.52. The number of hydrogen-bond acceptors (Lipinski definition) is 4. The van der Waals surface area contributed by atoms with E-state index in [1.807, 2.05) is 0 Å². The topological polar surface area (TPSA) is 62.7 Å². The molecule has 5 nitrogen and oxygen atoms in total. The van der Waals surface area contributed by atoms with E-state index >= 15 is 0 Å². The molecule has 1 aliphatic heterocycles. The highest BCUT2D eigenvalue weighted by Crippen LogP contribution is 2.18. The summed E-state index contributed by atoms with van der Waals surface area (Å²) in [7, 11) is 0. The summed E-state index contributed by atoms with van der Waals surface area (Å²) >= 11 is 0. The lowest BCUT2D eigenvalue weighted by molar-refractivity contribution is -0.0668. The molecule has 1 fully saturated rings. The van der Waals surface area contributed by atoms with Gasteiger partial charge in [-0.3, -0.25) is 4.79 Å². The Labute approximate surface area is 108 Å². The Morgan fingerprint density at radius 3 is 3.05 bits per heavy atom. The number of aromatic nitrogens is 1. The summed E-state index contributed by atoms with van der Waals surface area (Å²) in [4.78, 5) is 16.7. The van der Waals surface area contributed by atoms with E-state index in [1.54, 1.807) is 6.92 Å². The first-order valence-electron chi connectivity index (χ1n) is 5.88. The Bertz CT molecular complexity index is 484. The molecule has 2 rings (SSSR count). The smallest absolute Gasteiger partial charge is 0.257 e. The van der Waals surface area contributed by atoms with Crippen LogP contribution < -0.4 is 0 Å². The zero-order chi connectivity index (χ0) is 14.0. The van der Waals surface area contributed by atoms with Gasteiger partial charge in [-0.2, -0.15) is 4.39 Å². The molecule has 1 N–H and O–H groups in total. The van der Waals surface area contributed by atoms with Crippen molar-refractivity contribution >= 4 is 5.91 Å². The molecule has 2 heterocycles. The normalized spacial score (nSPS) is 23.5. The van der Waals surface area contributed by atoms with Gasteiger partial charge in [0.25, 0.3) is 5.91 Å². The number of halogens is 2. The van der Waals surface area contributed by atoms with Gasteiger partial charge in [0, 0.05) is 12.7 Å². The second-order valence-electron chi connectivity index (χ2n) is 4.41. The summed E-state index contributed by atoms with van der Waals surface area (Å²) in [5.74, 6) is -3.19. The Hall–Kier alpha value is -1.60. The molecule has 19 heavy (non-hydrogen) atoms. The summed E-state index contributed by atoms with van der Waals surface area (Å²) in [5, 5.41) is 9.04. The molecule has 0 spiro atoms. The van der Waals surface area contributed by atoms with Gasteiger partial charge in [0.05, 0.1) is 30.9 Å². The number of morpholine rings is 1. The monoisotopic (exact) mass is 272 g/mol. The minimum Gasteiger partial charge on any atom is -0.394 e. The van der Waals surface area contributed by atoms with Crippen LogP contribution in [0.15, 0.2) is 12.3 Å². The van der Waals surface area contributed by atoms with E-state index in [-0.39, 0.29) is 31.4 Å². The number of aliphatic hydroxyl groups is 1. The van der Waals surface area contributed by atoms with Crippen molar-refractivity contribution in [1.29, 1.82) is 0 Å². The molecule has 1 saturated heterocycles. The minimum atomic E-state index is -1.30. The largest absolute Gasteiger partial charge is 0.394 e. The molecule has 7 heteroatoms. The van der Waals surface area contributed by atoms with Crippen molar-refractivity contribution in [3.05, 3.63) is 29.6 Å². The molecule has 0 saturated carbocycles. The van der Waals surface area contributed by atoms with E-state index in [1.165, 1.54) is 4.90 Å². The third kappa shape index (κ3) is 2.71. The Morgan fingerprint density at radius 2 is 2.37 bits per heavy atom. The number of aliphatic hydroxyl groups excluding tert-OH is 1. The molecule has 2 unspecified atom stereocenters. The predicted octanol–water partition coefficient (Wildman–Crippen LogP) is 0.582. The highest BCUT2D eigenvalue weighted by Gasteiger charge is 2.31. The van der Waals surface area contributed by atoms with Crippen molar-refractivity contribution in [2.24, 2.45) is 0 Å². The molecule has 0 bridgehead atoms. The Balaban J connectivity index is 2.24. The van der Waals surface area contributed by atoms with Crippen molar-refractivity contribution < 1.29 is 23.4 Å². The predicted molar refractivity (Wildman–Crippen MR) is 61.5 cm³/mol. The van der Waals surface area contributed by atoms with Crippen molar-refractivity contribution in [3.8, 4) is 0 Å². The zero-order valence-corrected chi connectivity index (χ0v) is 10.3. The van der Waals surface area contributed by atoms with Gasteiger partial charge in [0.1, 0.15) is 0 Å². The number of nitrogens with zero attached hydrogens (tertiary/aromatic N) is 2. The highest BCUT2D eigenvalue weighted by molar-refractivity contribution is 5.94. The highest BCUT2D eigenvalue weighted by atomic mass is 19.2. The van der Waals surface area contributed by atoms with Gasteiger partial charge in [-0.25, -0.2) is 9.37 Å². The van der Waals surface area contributed by atoms with Crippen LogP contribution in [-0.2, 0) is 4.74 Å². The van der Waals surface area contributed by atoms with Crippen molar-refractivity contribution in [3.63, 3.8) is 0 Å². The van der Waals surface area contributed by atoms with Crippen LogP contribution in [0.25, 0.3) is 0 Å². The van der Waals surface area contributed by atoms with Gasteiger partial charge in [-0.15, -0.1) is 0 Å². The van der Waals surface area contributed by atoms with E-state index < -0.39 is 23.8 Å². The van der Waals surface area contributed by atoms with Gasteiger partial charge in [-0.05, 0) is 13.0 Å². The van der Waals surface area contributed by atoms with E-state index in [0.29, 0.717) is 0 Å². The first kappa shape index (κ1) is 13.8. The maximum absolute atomic E-state index is 13.5. The molecular weight excluding hydrogens is 258 g/mol. The molecule has 0 radical (unpaired) electrons. The molecule has 1 aromatic heterocycles. The number of hydrogen-bond donors (Lipinski definition) is 1. The molecule has 1 aromatic rings. The Morgan fingerprint density at radius 1 is 1.63 bits per heavy atom. The van der Waals surface area contributed by atoms with Crippen molar-refractivity contribution in [2.45, 2.75) is 19.1 Å². The SMILES string of the molecule is CC1COC(CO)CN1C(=O)c1ccnc(F)c1F. The van der Waals surface area contributed by atoms with Crippen molar-refractivity contribution in [1.82, 2.24) is 9.88 Å². The van der Waals surface area contributed by atoms with Crippen LogP contribution in [0.2, 0.25) is 0 Å². The van der Waals surface area contributed by atoms with Crippen LogP contribution in [-0.4, -0.2) is 52.8 Å². The van der Waals surface area contributed by atoms with Gasteiger partial charge in [0.2, 0.25) is 5.95 Å². The fourth-order valence-corrected chi connectivity index (χ4v) is 1.95. The van der Waals surface area contributed by atoms with Crippen LogP contribution in [0.3, 0.4) is 0 Å². The minimum absolute atomic E-state index is 0.139. The first-order valence-corrected chi connectivity index (χ1v) is 5.88. The fraction of sp³-hybridized carbons (Fsp3) is 0.500. The van der Waals surface area contributed by atoms with Crippen LogP contribution in [0.5, 0.6) is 0 Å². The third-order valence-electron chi connectivity index (χ3n) is 3.05. The van der Waals surface area contributed by atoms with E-state index in [2.05, 4.69) is 4.98 Å². The van der Waals surface area contributed by atoms with Crippen LogP contribution >= 0.6 is 0 Å². The molecule has 104 valence electrons. The van der Waals surface area contributed by atoms with E-state index in [4.69, 9.17) is 9.84 Å². The number of rotatable bonds is 2. The number of pyridine rings is 1. The van der Waals surface area contributed by atoms with Crippen LogP contribution in [0, 0.1) is 11.8 Å². The lowest BCUT2D eigenvalue weighted by Gasteiger charge is -2.37. The van der Waals surface area contributed by atoms with E-state index in [0.717, 1.165) is 12.3 Å². The van der Waals surface area contributed by atoms with Crippen molar-refractivity contribution in [2.75, 3.05) is 19.8 Å². The fourth-order valence-electron chi connectivity index (χ4n) is 1.95. The maximum atomic E-state index is 13.5. The van der Waals surface area contributed by atoms with Gasteiger partial charge < -0.3 is 14.7 Å². The van der Waals surface area contributed by atoms with Gasteiger partial charge in [-0.1, -0.05) is 0 Å². The first-order chi connectivity index (χ1) is 9.04. The molecule has 0 aromatic carbocycles. The average molecular weight is 272 g/mol. The third-order valence-corrected chi connectivity index (χ3v) is 3.05. The summed E-state index contributed by atoms with van der Waals surface area (Å²) in [5.41, 5.74) is -0.363. The second-order valence-corrected chi connectivity index (χ2v) is 4.41. The summed E-state index contributed by atoms with van der Waals surface area (Å²) in [6.45, 7) is 1.89. The summed E-state index contributed by atoms with van der Waals surface area (Å²) in [6.07, 6.45) is 0.537. The molecule has 1 amide bonds. The molecule has 2 atom stereocenters. The number of amides is 1. The summed E-state index contributed by atoms with van der Waals surface area (Å²) < 4.78 is 31.9. The molecular formula is C12H14F2N2O3. The lowest BCUT2D eigenvalue weighted by atomic mass is 10.1. The average Bonchev–Trinajstić information content (AvgIpc) is 2.42. The second kappa shape index (κ2) is 5.58. The van der Waals surface area contributed by atoms with Gasteiger partial charge >= 0.3 is 0 Å². The maximum Gasteiger partial charge on any atom is 0.257 e. The van der Waals surface area contributed by atoms with Gasteiger partial charge in [0.15, 0.2) is 5.82 Å². The van der Waals surface area contributed by atoms with E-state index in [9.17, 15) is 13.6 Å². The molecule has 1 aliphatic rings. The number of ether oxygens (including phenoxy) is 1. The quantitative estimate of drug-likeness (QED) is 0.800. The number of carbonyl (C=O) groups excluding carboxylic acids is 1. The molecule has 0 aliphatic carbocycles. The summed E-state index contributed by atoms with van der Waals surface area (Å²) in [6, 6.07) is 0.864. The van der Waals surface area contributed by atoms with Crippen LogP contribution in [0.1, 0.15) is 17.3 Å². The Kier molecular flexibility index (Phi) is 4.06. The standard InChI is InChI=1S/C12H14F2N2O3/c1-7-6-19-8(5-17)4-16(7)12(18)9-2-3-15-11(14)10(9)13/h2-3,7-8,17H,4-6H2,1H3.